The first-order valence-corrected chi connectivity index (χ1v) is 6.67. The number of nitrogens with zero attached hydrogens (tertiary/aromatic N) is 3. The maximum atomic E-state index is 12.3. The lowest BCUT2D eigenvalue weighted by molar-refractivity contribution is 0.0627. The molecule has 1 aliphatic rings. The van der Waals surface area contributed by atoms with Crippen molar-refractivity contribution in [2.45, 2.75) is 32.2 Å². The summed E-state index contributed by atoms with van der Waals surface area (Å²) >= 11 is 2.17. The first kappa shape index (κ1) is 11.9. The van der Waals surface area contributed by atoms with Crippen LogP contribution >= 0.6 is 22.6 Å². The highest BCUT2D eigenvalue weighted by molar-refractivity contribution is 14.1. The molecule has 16 heavy (non-hydrogen) atoms. The van der Waals surface area contributed by atoms with Gasteiger partial charge in [-0.15, -0.1) is 0 Å². The Morgan fingerprint density at radius 2 is 2.31 bits per heavy atom. The zero-order chi connectivity index (χ0) is 11.7. The van der Waals surface area contributed by atoms with Crippen molar-refractivity contribution in [1.82, 2.24) is 14.7 Å². The van der Waals surface area contributed by atoms with Crippen LogP contribution in [0.1, 0.15) is 36.7 Å². The number of carbonyl (C=O) groups is 1. The molecule has 0 radical (unpaired) electrons. The molecule has 0 spiro atoms. The van der Waals surface area contributed by atoms with Gasteiger partial charge in [-0.3, -0.25) is 9.48 Å². The van der Waals surface area contributed by atoms with Crippen molar-refractivity contribution in [3.8, 4) is 0 Å². The molecule has 1 fully saturated rings. The first-order chi connectivity index (χ1) is 7.59. The highest BCUT2D eigenvalue weighted by atomic mass is 127. The fourth-order valence-corrected chi connectivity index (χ4v) is 2.88. The van der Waals surface area contributed by atoms with Crippen molar-refractivity contribution in [2.75, 3.05) is 6.54 Å². The van der Waals surface area contributed by atoms with Crippen LogP contribution in [0, 0.1) is 3.57 Å². The smallest absolute Gasteiger partial charge is 0.275 e. The average molecular weight is 333 g/mol. The molecule has 1 saturated heterocycles. The van der Waals surface area contributed by atoms with Crippen molar-refractivity contribution in [3.63, 3.8) is 0 Å². The van der Waals surface area contributed by atoms with Gasteiger partial charge in [-0.25, -0.2) is 0 Å². The lowest BCUT2D eigenvalue weighted by Crippen LogP contribution is -2.42. The summed E-state index contributed by atoms with van der Waals surface area (Å²) in [6.07, 6.45) is 5.32. The SMILES string of the molecule is CC1CCCCN1C(=O)c1nn(C)cc1I. The number of amides is 1. The minimum absolute atomic E-state index is 0.0807. The zero-order valence-electron chi connectivity index (χ0n) is 9.61. The standard InChI is InChI=1S/C11H16IN3O/c1-8-5-3-4-6-15(8)11(16)10-9(12)7-14(2)13-10/h7-8H,3-6H2,1-2H3. The summed E-state index contributed by atoms with van der Waals surface area (Å²) in [5.41, 5.74) is 0.594. The number of aryl methyl sites for hydroxylation is 1. The molecule has 1 aromatic rings. The van der Waals surface area contributed by atoms with E-state index in [0.717, 1.165) is 23.0 Å². The normalized spacial score (nSPS) is 21.2. The van der Waals surface area contributed by atoms with Gasteiger partial charge in [0.1, 0.15) is 0 Å². The van der Waals surface area contributed by atoms with E-state index in [1.807, 2.05) is 18.1 Å². The molecule has 1 aliphatic heterocycles. The number of rotatable bonds is 1. The van der Waals surface area contributed by atoms with E-state index in [1.165, 1.54) is 6.42 Å². The predicted molar refractivity (Wildman–Crippen MR) is 70.3 cm³/mol. The number of carbonyl (C=O) groups excluding carboxylic acids is 1. The molecular weight excluding hydrogens is 317 g/mol. The van der Waals surface area contributed by atoms with E-state index in [9.17, 15) is 4.79 Å². The van der Waals surface area contributed by atoms with Crippen molar-refractivity contribution in [3.05, 3.63) is 15.5 Å². The van der Waals surface area contributed by atoms with Crippen LogP contribution in [-0.4, -0.2) is 33.2 Å². The van der Waals surface area contributed by atoms with Crippen LogP contribution < -0.4 is 0 Å². The second-order valence-corrected chi connectivity index (χ2v) is 5.50. The summed E-state index contributed by atoms with van der Waals surface area (Å²) in [6.45, 7) is 2.99. The van der Waals surface area contributed by atoms with Gasteiger partial charge in [0.15, 0.2) is 5.69 Å². The molecule has 5 heteroatoms. The van der Waals surface area contributed by atoms with E-state index < -0.39 is 0 Å². The Bertz CT molecular complexity index is 402. The van der Waals surface area contributed by atoms with E-state index in [-0.39, 0.29) is 5.91 Å². The minimum Gasteiger partial charge on any atom is -0.335 e. The highest BCUT2D eigenvalue weighted by Crippen LogP contribution is 2.20. The van der Waals surface area contributed by atoms with Crippen LogP contribution in [0.25, 0.3) is 0 Å². The van der Waals surface area contributed by atoms with Crippen molar-refractivity contribution < 1.29 is 4.79 Å². The fraction of sp³-hybridized carbons (Fsp3) is 0.636. The summed E-state index contributed by atoms with van der Waals surface area (Å²) in [5.74, 6) is 0.0807. The van der Waals surface area contributed by atoms with Crippen LogP contribution in [0.3, 0.4) is 0 Å². The fourth-order valence-electron chi connectivity index (χ4n) is 2.14. The Morgan fingerprint density at radius 3 is 2.88 bits per heavy atom. The lowest BCUT2D eigenvalue weighted by Gasteiger charge is -2.32. The Hall–Kier alpha value is -0.590. The van der Waals surface area contributed by atoms with E-state index in [2.05, 4.69) is 34.6 Å². The Balaban J connectivity index is 2.21. The van der Waals surface area contributed by atoms with Crippen LogP contribution in [-0.2, 0) is 7.05 Å². The Labute approximate surface area is 109 Å². The monoisotopic (exact) mass is 333 g/mol. The zero-order valence-corrected chi connectivity index (χ0v) is 11.8. The molecule has 2 rings (SSSR count). The molecule has 0 bridgehead atoms. The summed E-state index contributed by atoms with van der Waals surface area (Å²) in [6, 6.07) is 0.346. The van der Waals surface area contributed by atoms with Crippen LogP contribution in [0.5, 0.6) is 0 Å². The average Bonchev–Trinajstić information content (AvgIpc) is 2.58. The molecule has 4 nitrogen and oxygen atoms in total. The van der Waals surface area contributed by atoms with Gasteiger partial charge in [0.05, 0.1) is 3.57 Å². The number of aromatic nitrogens is 2. The second kappa shape index (κ2) is 4.73. The molecule has 1 aromatic heterocycles. The van der Waals surface area contributed by atoms with Crippen molar-refractivity contribution in [2.24, 2.45) is 7.05 Å². The predicted octanol–water partition coefficient (Wildman–Crippen LogP) is 2.04. The third kappa shape index (κ3) is 2.23. The molecule has 2 heterocycles. The van der Waals surface area contributed by atoms with Gasteiger partial charge >= 0.3 is 0 Å². The molecule has 1 amide bonds. The summed E-state index contributed by atoms with van der Waals surface area (Å²) in [5, 5.41) is 4.24. The van der Waals surface area contributed by atoms with Crippen LogP contribution in [0.2, 0.25) is 0 Å². The largest absolute Gasteiger partial charge is 0.335 e. The summed E-state index contributed by atoms with van der Waals surface area (Å²) in [7, 11) is 1.85. The van der Waals surface area contributed by atoms with E-state index in [4.69, 9.17) is 0 Å². The first-order valence-electron chi connectivity index (χ1n) is 5.59. The van der Waals surface area contributed by atoms with E-state index >= 15 is 0 Å². The molecular formula is C11H16IN3O. The second-order valence-electron chi connectivity index (χ2n) is 4.34. The van der Waals surface area contributed by atoms with Gasteiger partial charge in [-0.05, 0) is 48.8 Å². The van der Waals surface area contributed by atoms with Gasteiger partial charge in [-0.1, -0.05) is 0 Å². The van der Waals surface area contributed by atoms with Crippen molar-refractivity contribution in [1.29, 1.82) is 0 Å². The number of hydrogen-bond donors (Lipinski definition) is 0. The van der Waals surface area contributed by atoms with Crippen LogP contribution in [0.4, 0.5) is 0 Å². The molecule has 0 N–H and O–H groups in total. The molecule has 0 saturated carbocycles. The van der Waals surface area contributed by atoms with E-state index in [0.29, 0.717) is 11.7 Å². The molecule has 1 atom stereocenters. The maximum absolute atomic E-state index is 12.3. The Kier molecular flexibility index (Phi) is 3.51. The lowest BCUT2D eigenvalue weighted by atomic mass is 10.0. The van der Waals surface area contributed by atoms with Gasteiger partial charge in [0.2, 0.25) is 0 Å². The minimum atomic E-state index is 0.0807. The third-order valence-electron chi connectivity index (χ3n) is 3.05. The molecule has 0 aliphatic carbocycles. The number of piperidine rings is 1. The molecule has 1 unspecified atom stereocenters. The van der Waals surface area contributed by atoms with Gasteiger partial charge < -0.3 is 4.90 Å². The number of halogens is 1. The highest BCUT2D eigenvalue weighted by Gasteiger charge is 2.27. The third-order valence-corrected chi connectivity index (χ3v) is 3.84. The van der Waals surface area contributed by atoms with Crippen molar-refractivity contribution >= 4 is 28.5 Å². The number of hydrogen-bond acceptors (Lipinski definition) is 2. The van der Waals surface area contributed by atoms with E-state index in [1.54, 1.807) is 4.68 Å². The quantitative estimate of drug-likeness (QED) is 0.738. The molecule has 88 valence electrons. The van der Waals surface area contributed by atoms with Gasteiger partial charge in [0.25, 0.3) is 5.91 Å². The summed E-state index contributed by atoms with van der Waals surface area (Å²) in [4.78, 5) is 14.2. The summed E-state index contributed by atoms with van der Waals surface area (Å²) < 4.78 is 2.63. The maximum Gasteiger partial charge on any atom is 0.275 e. The number of likely N-dealkylation sites (tertiary alicyclic amines) is 1. The Morgan fingerprint density at radius 1 is 1.56 bits per heavy atom. The topological polar surface area (TPSA) is 38.1 Å². The van der Waals surface area contributed by atoms with Gasteiger partial charge in [0, 0.05) is 25.8 Å². The van der Waals surface area contributed by atoms with Crippen LogP contribution in [0.15, 0.2) is 6.20 Å². The molecule has 0 aromatic carbocycles. The van der Waals surface area contributed by atoms with Gasteiger partial charge in [-0.2, -0.15) is 5.10 Å².